The predicted molar refractivity (Wildman–Crippen MR) is 135 cm³/mol. The molecule has 31 heavy (non-hydrogen) atoms. The van der Waals surface area contributed by atoms with Crippen LogP contribution in [-0.4, -0.2) is 7.11 Å². The smallest absolute Gasteiger partial charge is 0.144 e. The van der Waals surface area contributed by atoms with Crippen LogP contribution in [0.3, 0.4) is 0 Å². The van der Waals surface area contributed by atoms with Crippen molar-refractivity contribution in [3.8, 4) is 0 Å². The molecule has 2 heteroatoms. The molecule has 0 saturated heterocycles. The van der Waals surface area contributed by atoms with Crippen molar-refractivity contribution in [1.29, 1.82) is 0 Å². The fraction of sp³-hybridized carbons (Fsp3) is 0.0345. The van der Waals surface area contributed by atoms with E-state index in [1.54, 1.807) is 0 Å². The van der Waals surface area contributed by atoms with E-state index in [2.05, 4.69) is 133 Å². The van der Waals surface area contributed by atoms with Crippen LogP contribution in [0.2, 0.25) is 0 Å². The Morgan fingerprint density at radius 2 is 0.806 bits per heavy atom. The third-order valence-electron chi connectivity index (χ3n) is 5.56. The average molecular weight is 420 g/mol. The Kier molecular flexibility index (Phi) is 6.57. The summed E-state index contributed by atoms with van der Waals surface area (Å²) in [7, 11) is -1.30. The molecule has 0 heterocycles. The SMILES string of the molecule is C[O-].c1ccc([P+](c2ccccc2)(c2ccccc2)c2cccc3ccccc23)cc1. The maximum absolute atomic E-state index is 8.25. The van der Waals surface area contributed by atoms with Gasteiger partial charge in [-0.3, -0.25) is 0 Å². The summed E-state index contributed by atoms with van der Waals surface area (Å²) in [4.78, 5) is 0. The Hall–Kier alpha value is -3.25. The van der Waals surface area contributed by atoms with Crippen molar-refractivity contribution in [3.63, 3.8) is 0 Å². The zero-order chi connectivity index (χ0) is 21.5. The summed E-state index contributed by atoms with van der Waals surface area (Å²) >= 11 is 0. The highest BCUT2D eigenvalue weighted by Gasteiger charge is 2.48. The third kappa shape index (κ3) is 3.79. The molecule has 0 amide bonds. The van der Waals surface area contributed by atoms with Gasteiger partial charge in [-0.25, -0.2) is 0 Å². The van der Waals surface area contributed by atoms with Gasteiger partial charge in [0.05, 0.1) is 0 Å². The summed E-state index contributed by atoms with van der Waals surface area (Å²) in [6.07, 6.45) is 0. The van der Waals surface area contributed by atoms with Crippen LogP contribution in [0, 0.1) is 0 Å². The topological polar surface area (TPSA) is 23.1 Å². The molecule has 5 rings (SSSR count). The number of hydrogen-bond acceptors (Lipinski definition) is 1. The van der Waals surface area contributed by atoms with Crippen molar-refractivity contribution in [3.05, 3.63) is 133 Å². The molecule has 0 saturated carbocycles. The van der Waals surface area contributed by atoms with Gasteiger partial charge in [-0.05, 0) is 47.9 Å². The molecule has 0 N–H and O–H groups in total. The Morgan fingerprint density at radius 3 is 1.29 bits per heavy atom. The fourth-order valence-corrected chi connectivity index (χ4v) is 8.78. The van der Waals surface area contributed by atoms with Gasteiger partial charge in [0, 0.05) is 5.39 Å². The maximum Gasteiger partial charge on any atom is 0.144 e. The number of hydrogen-bond donors (Lipinski definition) is 0. The van der Waals surface area contributed by atoms with Gasteiger partial charge in [-0.15, -0.1) is 0 Å². The third-order valence-corrected chi connectivity index (χ3v) is 9.89. The maximum atomic E-state index is 8.25. The normalized spacial score (nSPS) is 10.9. The minimum Gasteiger partial charge on any atom is -0.857 e. The summed E-state index contributed by atoms with van der Waals surface area (Å²) in [6, 6.07) is 48.7. The Labute approximate surface area is 185 Å². The molecule has 0 bridgehead atoms. The first-order valence-electron chi connectivity index (χ1n) is 10.4. The number of benzene rings is 5. The molecule has 0 unspecified atom stereocenters. The van der Waals surface area contributed by atoms with Gasteiger partial charge in [-0.2, -0.15) is 7.11 Å². The molecule has 1 nitrogen and oxygen atoms in total. The lowest BCUT2D eigenvalue weighted by Gasteiger charge is -2.28. The van der Waals surface area contributed by atoms with E-state index >= 15 is 0 Å². The van der Waals surface area contributed by atoms with Gasteiger partial charge in [0.15, 0.2) is 0 Å². The van der Waals surface area contributed by atoms with Crippen molar-refractivity contribution in [2.24, 2.45) is 0 Å². The molecule has 5 aromatic carbocycles. The number of fused-ring (bicyclic) bond motifs is 1. The van der Waals surface area contributed by atoms with Gasteiger partial charge < -0.3 is 5.11 Å². The lowest BCUT2D eigenvalue weighted by atomic mass is 10.1. The molecule has 0 radical (unpaired) electrons. The van der Waals surface area contributed by atoms with Crippen molar-refractivity contribution < 1.29 is 5.11 Å². The second-order valence-corrected chi connectivity index (χ2v) is 10.5. The van der Waals surface area contributed by atoms with E-state index in [9.17, 15) is 0 Å². The van der Waals surface area contributed by atoms with E-state index in [-0.39, 0.29) is 0 Å². The van der Waals surface area contributed by atoms with Gasteiger partial charge in [0.25, 0.3) is 0 Å². The number of rotatable bonds is 4. The van der Waals surface area contributed by atoms with Crippen LogP contribution in [0.4, 0.5) is 0 Å². The summed E-state index contributed by atoms with van der Waals surface area (Å²) in [5.74, 6) is 0. The van der Waals surface area contributed by atoms with Crippen LogP contribution < -0.4 is 26.3 Å². The lowest BCUT2D eigenvalue weighted by Crippen LogP contribution is -2.38. The highest BCUT2D eigenvalue weighted by molar-refractivity contribution is 8.01. The van der Waals surface area contributed by atoms with E-state index in [1.165, 1.54) is 32.0 Å². The van der Waals surface area contributed by atoms with Gasteiger partial charge in [0.2, 0.25) is 0 Å². The quantitative estimate of drug-likeness (QED) is 0.395. The Balaban J connectivity index is 0.00000112. The van der Waals surface area contributed by atoms with E-state index < -0.39 is 7.26 Å². The monoisotopic (exact) mass is 420 g/mol. The van der Waals surface area contributed by atoms with E-state index in [4.69, 9.17) is 5.11 Å². The Bertz CT molecular complexity index is 1130. The minimum absolute atomic E-state index is 0.750. The standard InChI is InChI=1S/C28H22P.CH3O/c1-4-15-24(16-5-1)29(25-17-6-2-7-18-25,26-19-8-3-9-20-26)28-22-12-14-23-13-10-11-21-27(23)28;1-2/h1-22H;1H3/q+1;-1. The van der Waals surface area contributed by atoms with E-state index in [1.807, 2.05) is 0 Å². The molecule has 5 aromatic rings. The fourth-order valence-electron chi connectivity index (χ4n) is 4.32. The average Bonchev–Trinajstić information content (AvgIpc) is 2.88. The van der Waals surface area contributed by atoms with Crippen LogP contribution in [-0.2, 0) is 0 Å². The molecule has 0 aliphatic heterocycles. The van der Waals surface area contributed by atoms with Crippen molar-refractivity contribution in [1.82, 2.24) is 0 Å². The van der Waals surface area contributed by atoms with Crippen molar-refractivity contribution in [2.45, 2.75) is 0 Å². The zero-order valence-electron chi connectivity index (χ0n) is 17.6. The van der Waals surface area contributed by atoms with Crippen LogP contribution in [0.25, 0.3) is 10.8 Å². The largest absolute Gasteiger partial charge is 0.857 e. The van der Waals surface area contributed by atoms with E-state index in [0.717, 1.165) is 7.11 Å². The summed E-state index contributed by atoms with van der Waals surface area (Å²) in [5.41, 5.74) is 0. The zero-order valence-corrected chi connectivity index (χ0v) is 18.5. The Morgan fingerprint density at radius 1 is 0.419 bits per heavy atom. The molecule has 0 aromatic heterocycles. The molecule has 0 fully saturated rings. The molecule has 0 spiro atoms. The second-order valence-electron chi connectivity index (χ2n) is 7.18. The first-order chi connectivity index (χ1) is 15.4. The lowest BCUT2D eigenvalue weighted by molar-refractivity contribution is -0.325. The summed E-state index contributed by atoms with van der Waals surface area (Å²) < 4.78 is 0. The van der Waals surface area contributed by atoms with Crippen molar-refractivity contribution in [2.75, 3.05) is 7.11 Å². The van der Waals surface area contributed by atoms with Crippen LogP contribution in [0.15, 0.2) is 133 Å². The van der Waals surface area contributed by atoms with E-state index in [0.29, 0.717) is 0 Å². The van der Waals surface area contributed by atoms with Crippen LogP contribution in [0.1, 0.15) is 0 Å². The highest BCUT2D eigenvalue weighted by Crippen LogP contribution is 2.55. The first-order valence-corrected chi connectivity index (χ1v) is 12.1. The summed E-state index contributed by atoms with van der Waals surface area (Å²) in [5, 5.41) is 16.4. The molecular weight excluding hydrogens is 395 g/mol. The van der Waals surface area contributed by atoms with Crippen molar-refractivity contribution >= 4 is 39.3 Å². The minimum atomic E-state index is -2.05. The summed E-state index contributed by atoms with van der Waals surface area (Å²) in [6.45, 7) is 0. The molecule has 0 atom stereocenters. The molecule has 0 aliphatic carbocycles. The van der Waals surface area contributed by atoms with Gasteiger partial charge in [-0.1, -0.05) is 91.0 Å². The molecule has 152 valence electrons. The second kappa shape index (κ2) is 9.71. The van der Waals surface area contributed by atoms with Gasteiger partial charge >= 0.3 is 0 Å². The first kappa shape index (κ1) is 21.0. The highest BCUT2D eigenvalue weighted by atomic mass is 31.2. The van der Waals surface area contributed by atoms with Crippen LogP contribution >= 0.6 is 7.26 Å². The predicted octanol–water partition coefficient (Wildman–Crippen LogP) is 4.44. The van der Waals surface area contributed by atoms with Crippen LogP contribution in [0.5, 0.6) is 0 Å². The molecular formula is C29H25OP. The van der Waals surface area contributed by atoms with Gasteiger partial charge in [0.1, 0.15) is 28.5 Å². The molecule has 0 aliphatic rings.